The molecule has 0 fully saturated rings. The minimum Gasteiger partial charge on any atom is -0.494 e. The number of carbonyl (C=O) groups excluding carboxylic acids is 1. The van der Waals surface area contributed by atoms with Crippen molar-refractivity contribution in [3.05, 3.63) is 65.0 Å². The van der Waals surface area contributed by atoms with E-state index in [1.54, 1.807) is 11.9 Å². The predicted octanol–water partition coefficient (Wildman–Crippen LogP) is 4.29. The minimum atomic E-state index is -0.0424. The Morgan fingerprint density at radius 2 is 1.86 bits per heavy atom. The van der Waals surface area contributed by atoms with Gasteiger partial charge in [0.05, 0.1) is 13.2 Å². The largest absolute Gasteiger partial charge is 0.494 e. The van der Waals surface area contributed by atoms with Crippen molar-refractivity contribution in [3.63, 3.8) is 0 Å². The first kappa shape index (κ1) is 19.2. The molecule has 6 nitrogen and oxygen atoms in total. The molecular weight excluding hydrogens is 366 g/mol. The van der Waals surface area contributed by atoms with Crippen LogP contribution in [0.2, 0.25) is 0 Å². The van der Waals surface area contributed by atoms with E-state index in [2.05, 4.69) is 16.2 Å². The van der Waals surface area contributed by atoms with Crippen molar-refractivity contribution in [3.8, 4) is 17.1 Å². The quantitative estimate of drug-likeness (QED) is 0.627. The standard InChI is InChI=1S/C23H25N3O3/c1-3-28-20-12-10-17(11-13-20)22-24-21(29-25-22)15-26(2)23(27)19-9-8-16-6-4-5-7-18(16)14-19/h8-14H,3-7,15H2,1-2H3. The molecule has 1 aromatic heterocycles. The molecule has 0 N–H and O–H groups in total. The van der Waals surface area contributed by atoms with E-state index in [9.17, 15) is 4.79 Å². The van der Waals surface area contributed by atoms with Gasteiger partial charge < -0.3 is 14.2 Å². The van der Waals surface area contributed by atoms with Crippen LogP contribution in [0.5, 0.6) is 5.75 Å². The molecule has 0 aliphatic heterocycles. The van der Waals surface area contributed by atoms with E-state index in [0.717, 1.165) is 24.2 Å². The van der Waals surface area contributed by atoms with E-state index in [0.29, 0.717) is 23.9 Å². The maximum absolute atomic E-state index is 12.8. The summed E-state index contributed by atoms with van der Waals surface area (Å²) in [5.74, 6) is 1.66. The molecule has 1 heterocycles. The van der Waals surface area contributed by atoms with Gasteiger partial charge in [-0.25, -0.2) is 0 Å². The Balaban J connectivity index is 1.43. The number of nitrogens with zero attached hydrogens (tertiary/aromatic N) is 3. The maximum atomic E-state index is 12.8. The van der Waals surface area contributed by atoms with Crippen LogP contribution in [-0.4, -0.2) is 34.6 Å². The van der Waals surface area contributed by atoms with Crippen LogP contribution < -0.4 is 4.74 Å². The second-order valence-electron chi connectivity index (χ2n) is 7.32. The van der Waals surface area contributed by atoms with Crippen molar-refractivity contribution in [2.75, 3.05) is 13.7 Å². The summed E-state index contributed by atoms with van der Waals surface area (Å²) in [4.78, 5) is 18.9. The lowest BCUT2D eigenvalue weighted by Gasteiger charge is -2.19. The lowest BCUT2D eigenvalue weighted by Crippen LogP contribution is -2.26. The summed E-state index contributed by atoms with van der Waals surface area (Å²) >= 11 is 0. The molecule has 1 amide bonds. The molecule has 0 radical (unpaired) electrons. The molecule has 0 unspecified atom stereocenters. The molecule has 0 bridgehead atoms. The van der Waals surface area contributed by atoms with E-state index in [4.69, 9.17) is 9.26 Å². The van der Waals surface area contributed by atoms with Gasteiger partial charge in [-0.15, -0.1) is 0 Å². The van der Waals surface area contributed by atoms with Gasteiger partial charge in [-0.1, -0.05) is 11.2 Å². The summed E-state index contributed by atoms with van der Waals surface area (Å²) in [6, 6.07) is 13.6. The Morgan fingerprint density at radius 3 is 2.62 bits per heavy atom. The van der Waals surface area contributed by atoms with Gasteiger partial charge in [0, 0.05) is 18.2 Å². The minimum absolute atomic E-state index is 0.0424. The van der Waals surface area contributed by atoms with Crippen molar-refractivity contribution >= 4 is 5.91 Å². The number of carbonyl (C=O) groups is 1. The third-order valence-corrected chi connectivity index (χ3v) is 5.21. The van der Waals surface area contributed by atoms with E-state index < -0.39 is 0 Å². The zero-order valence-electron chi connectivity index (χ0n) is 16.9. The normalized spacial score (nSPS) is 13.0. The topological polar surface area (TPSA) is 68.5 Å². The highest BCUT2D eigenvalue weighted by Crippen LogP contribution is 2.23. The summed E-state index contributed by atoms with van der Waals surface area (Å²) in [5.41, 5.74) is 4.21. The highest BCUT2D eigenvalue weighted by Gasteiger charge is 2.18. The Hall–Kier alpha value is -3.15. The summed E-state index contributed by atoms with van der Waals surface area (Å²) in [5, 5.41) is 4.04. The molecule has 0 spiro atoms. The first-order valence-corrected chi connectivity index (χ1v) is 10.1. The summed E-state index contributed by atoms with van der Waals surface area (Å²) in [6.07, 6.45) is 4.58. The first-order valence-electron chi connectivity index (χ1n) is 10.1. The van der Waals surface area contributed by atoms with Crippen LogP contribution in [0.4, 0.5) is 0 Å². The third kappa shape index (κ3) is 4.31. The van der Waals surface area contributed by atoms with Gasteiger partial charge in [-0.2, -0.15) is 4.98 Å². The van der Waals surface area contributed by atoms with Gasteiger partial charge in [0.25, 0.3) is 5.91 Å². The fourth-order valence-electron chi connectivity index (χ4n) is 3.66. The van der Waals surface area contributed by atoms with Gasteiger partial charge in [-0.05, 0) is 80.1 Å². The summed E-state index contributed by atoms with van der Waals surface area (Å²) < 4.78 is 10.8. The van der Waals surface area contributed by atoms with Crippen molar-refractivity contribution < 1.29 is 14.1 Å². The number of aryl methyl sites for hydroxylation is 2. The van der Waals surface area contributed by atoms with Crippen LogP contribution >= 0.6 is 0 Å². The van der Waals surface area contributed by atoms with E-state index in [1.807, 2.05) is 43.3 Å². The molecule has 1 aliphatic rings. The zero-order valence-corrected chi connectivity index (χ0v) is 16.9. The van der Waals surface area contributed by atoms with Crippen LogP contribution in [0.25, 0.3) is 11.4 Å². The molecule has 0 atom stereocenters. The average molecular weight is 391 g/mol. The van der Waals surface area contributed by atoms with Crippen molar-refractivity contribution in [2.45, 2.75) is 39.2 Å². The number of ether oxygens (including phenoxy) is 1. The monoisotopic (exact) mass is 391 g/mol. The second kappa shape index (κ2) is 8.47. The lowest BCUT2D eigenvalue weighted by atomic mass is 9.90. The number of rotatable bonds is 6. The van der Waals surface area contributed by atoms with Crippen molar-refractivity contribution in [2.24, 2.45) is 0 Å². The van der Waals surface area contributed by atoms with Crippen LogP contribution in [-0.2, 0) is 19.4 Å². The second-order valence-corrected chi connectivity index (χ2v) is 7.32. The molecule has 150 valence electrons. The molecular formula is C23H25N3O3. The van der Waals surface area contributed by atoms with Crippen LogP contribution in [0, 0.1) is 0 Å². The highest BCUT2D eigenvalue weighted by molar-refractivity contribution is 5.94. The molecule has 6 heteroatoms. The van der Waals surface area contributed by atoms with Crippen LogP contribution in [0.3, 0.4) is 0 Å². The SMILES string of the molecule is CCOc1ccc(-c2noc(CN(C)C(=O)c3ccc4c(c3)CCCC4)n2)cc1. The molecule has 0 saturated carbocycles. The molecule has 0 saturated heterocycles. The van der Waals surface area contributed by atoms with Gasteiger partial charge in [0.1, 0.15) is 5.75 Å². The number of aromatic nitrogens is 2. The van der Waals surface area contributed by atoms with Crippen molar-refractivity contribution in [1.29, 1.82) is 0 Å². The van der Waals surface area contributed by atoms with Gasteiger partial charge in [0.15, 0.2) is 0 Å². The van der Waals surface area contributed by atoms with Crippen LogP contribution in [0.1, 0.15) is 47.1 Å². The molecule has 4 rings (SSSR count). The fourth-order valence-corrected chi connectivity index (χ4v) is 3.66. The number of benzene rings is 2. The summed E-state index contributed by atoms with van der Waals surface area (Å²) in [6.45, 7) is 2.83. The molecule has 2 aromatic carbocycles. The number of hydrogen-bond donors (Lipinski definition) is 0. The average Bonchev–Trinajstić information content (AvgIpc) is 3.22. The van der Waals surface area contributed by atoms with Gasteiger partial charge in [0.2, 0.25) is 11.7 Å². The highest BCUT2D eigenvalue weighted by atomic mass is 16.5. The Morgan fingerprint density at radius 1 is 1.10 bits per heavy atom. The van der Waals surface area contributed by atoms with E-state index in [-0.39, 0.29) is 12.5 Å². The molecule has 3 aromatic rings. The predicted molar refractivity (Wildman–Crippen MR) is 110 cm³/mol. The van der Waals surface area contributed by atoms with E-state index in [1.165, 1.54) is 24.0 Å². The van der Waals surface area contributed by atoms with Gasteiger partial charge in [-0.3, -0.25) is 4.79 Å². The summed E-state index contributed by atoms with van der Waals surface area (Å²) in [7, 11) is 1.75. The number of fused-ring (bicyclic) bond motifs is 1. The lowest BCUT2D eigenvalue weighted by molar-refractivity contribution is 0.0769. The Labute approximate surface area is 170 Å². The zero-order chi connectivity index (χ0) is 20.2. The number of amides is 1. The third-order valence-electron chi connectivity index (χ3n) is 5.21. The molecule has 1 aliphatic carbocycles. The first-order chi connectivity index (χ1) is 14.1. The number of hydrogen-bond acceptors (Lipinski definition) is 5. The maximum Gasteiger partial charge on any atom is 0.254 e. The Bertz CT molecular complexity index is 995. The Kier molecular flexibility index (Phi) is 5.60. The smallest absolute Gasteiger partial charge is 0.254 e. The van der Waals surface area contributed by atoms with E-state index >= 15 is 0 Å². The fraction of sp³-hybridized carbons (Fsp3) is 0.348. The van der Waals surface area contributed by atoms with Gasteiger partial charge >= 0.3 is 0 Å². The van der Waals surface area contributed by atoms with Crippen molar-refractivity contribution in [1.82, 2.24) is 15.0 Å². The molecule has 29 heavy (non-hydrogen) atoms. The van der Waals surface area contributed by atoms with Crippen LogP contribution in [0.15, 0.2) is 47.0 Å².